The number of hydrogen-bond acceptors (Lipinski definition) is 2. The number of benzene rings is 2. The number of amides is 2. The second kappa shape index (κ2) is 10.6. The number of carbonyl (C=O) groups is 1. The second-order valence-corrected chi connectivity index (χ2v) is 9.30. The van der Waals surface area contributed by atoms with Crippen LogP contribution in [-0.4, -0.2) is 17.1 Å². The quantitative estimate of drug-likeness (QED) is 0.332. The number of rotatable bonds is 6. The van der Waals surface area contributed by atoms with Crippen LogP contribution in [0.15, 0.2) is 66.9 Å². The van der Waals surface area contributed by atoms with E-state index in [9.17, 15) is 35.5 Å². The highest BCUT2D eigenvalue weighted by atomic mass is 19.4. The molecule has 11 heteroatoms. The highest BCUT2D eigenvalue weighted by molar-refractivity contribution is 5.76. The number of halogens is 7. The number of pyridine rings is 1. The molecule has 38 heavy (non-hydrogen) atoms. The average Bonchev–Trinajstić information content (AvgIpc) is 3.36. The molecule has 1 fully saturated rings. The van der Waals surface area contributed by atoms with E-state index in [1.54, 1.807) is 30.3 Å². The van der Waals surface area contributed by atoms with Gasteiger partial charge < -0.3 is 10.6 Å². The minimum Gasteiger partial charge on any atom is -0.335 e. The monoisotopic (exact) mass is 539 g/mol. The minimum absolute atomic E-state index is 0.211. The van der Waals surface area contributed by atoms with Crippen molar-refractivity contribution in [1.82, 2.24) is 15.6 Å². The first kappa shape index (κ1) is 27.4. The van der Waals surface area contributed by atoms with Gasteiger partial charge in [0.15, 0.2) is 0 Å². The van der Waals surface area contributed by atoms with Crippen molar-refractivity contribution < 1.29 is 35.5 Å². The van der Waals surface area contributed by atoms with Crippen molar-refractivity contribution in [3.8, 4) is 0 Å². The summed E-state index contributed by atoms with van der Waals surface area (Å²) in [6.45, 7) is 0. The van der Waals surface area contributed by atoms with Crippen LogP contribution in [0.4, 0.5) is 35.5 Å². The van der Waals surface area contributed by atoms with Gasteiger partial charge in [0.1, 0.15) is 11.4 Å². The molecule has 0 bridgehead atoms. The van der Waals surface area contributed by atoms with Crippen LogP contribution in [0.2, 0.25) is 0 Å². The lowest BCUT2D eigenvalue weighted by atomic mass is 9.79. The zero-order chi connectivity index (χ0) is 27.6. The topological polar surface area (TPSA) is 54.0 Å². The summed E-state index contributed by atoms with van der Waals surface area (Å²) in [6.07, 6.45) is -6.11. The van der Waals surface area contributed by atoms with Crippen LogP contribution in [0.5, 0.6) is 0 Å². The Kier molecular flexibility index (Phi) is 7.66. The number of nitrogens with one attached hydrogen (secondary N) is 2. The SMILES string of the molecule is O=C(NC1CCCC1)N[C@](Cc1ccccc1)(c1cc(F)cc(C(F)(F)F)c1)c1cc(C(F)(F)F)ccn1. The molecule has 1 atom stereocenters. The second-order valence-electron chi connectivity index (χ2n) is 9.30. The first-order valence-corrected chi connectivity index (χ1v) is 11.9. The van der Waals surface area contributed by atoms with Gasteiger partial charge >= 0.3 is 18.4 Å². The maximum Gasteiger partial charge on any atom is 0.416 e. The fraction of sp³-hybridized carbons (Fsp3) is 0.333. The van der Waals surface area contributed by atoms with Crippen LogP contribution in [0.25, 0.3) is 0 Å². The van der Waals surface area contributed by atoms with Gasteiger partial charge in [0.25, 0.3) is 0 Å². The molecule has 4 nitrogen and oxygen atoms in total. The van der Waals surface area contributed by atoms with Crippen LogP contribution in [0.1, 0.15) is 53.6 Å². The van der Waals surface area contributed by atoms with E-state index in [-0.39, 0.29) is 18.5 Å². The van der Waals surface area contributed by atoms with Crippen LogP contribution < -0.4 is 10.6 Å². The Balaban J connectivity index is 1.95. The Hall–Kier alpha value is -3.63. The van der Waals surface area contributed by atoms with Gasteiger partial charge in [-0.05, 0) is 54.3 Å². The van der Waals surface area contributed by atoms with Gasteiger partial charge in [-0.1, -0.05) is 43.2 Å². The van der Waals surface area contributed by atoms with Crippen LogP contribution >= 0.6 is 0 Å². The molecule has 202 valence electrons. The molecule has 2 amide bonds. The molecule has 1 aromatic heterocycles. The number of nitrogens with zero attached hydrogens (tertiary/aromatic N) is 1. The van der Waals surface area contributed by atoms with Gasteiger partial charge in [0, 0.05) is 18.7 Å². The summed E-state index contributed by atoms with van der Waals surface area (Å²) in [7, 11) is 0. The van der Waals surface area contributed by atoms with E-state index in [1.807, 2.05) is 0 Å². The third-order valence-electron chi connectivity index (χ3n) is 6.57. The number of hydrogen-bond donors (Lipinski definition) is 2. The zero-order valence-corrected chi connectivity index (χ0v) is 20.0. The summed E-state index contributed by atoms with van der Waals surface area (Å²) in [5.74, 6) is -1.27. The first-order valence-electron chi connectivity index (χ1n) is 11.9. The molecule has 2 N–H and O–H groups in total. The van der Waals surface area contributed by atoms with Crippen molar-refractivity contribution in [3.05, 3.63) is 101 Å². The van der Waals surface area contributed by atoms with Crippen molar-refractivity contribution in [1.29, 1.82) is 0 Å². The number of urea groups is 1. The van der Waals surface area contributed by atoms with E-state index in [4.69, 9.17) is 0 Å². The van der Waals surface area contributed by atoms with Gasteiger partial charge in [-0.2, -0.15) is 26.3 Å². The summed E-state index contributed by atoms with van der Waals surface area (Å²) < 4.78 is 96.7. The third-order valence-corrected chi connectivity index (χ3v) is 6.57. The Labute approximate surface area is 214 Å². The lowest BCUT2D eigenvalue weighted by Crippen LogP contribution is -2.54. The molecule has 1 aliphatic carbocycles. The average molecular weight is 539 g/mol. The van der Waals surface area contributed by atoms with E-state index >= 15 is 0 Å². The van der Waals surface area contributed by atoms with Gasteiger partial charge in [0.05, 0.1) is 16.8 Å². The molecular formula is C27H24F7N3O. The molecule has 1 aliphatic rings. The van der Waals surface area contributed by atoms with Crippen molar-refractivity contribution in [2.75, 3.05) is 0 Å². The molecule has 0 saturated heterocycles. The molecule has 0 aliphatic heterocycles. The molecule has 2 aromatic carbocycles. The van der Waals surface area contributed by atoms with Gasteiger partial charge in [-0.3, -0.25) is 4.98 Å². The fourth-order valence-electron chi connectivity index (χ4n) is 4.75. The maximum absolute atomic E-state index is 14.6. The molecule has 1 saturated carbocycles. The van der Waals surface area contributed by atoms with Crippen LogP contribution in [0.3, 0.4) is 0 Å². The summed E-state index contributed by atoms with van der Waals surface area (Å²) in [5.41, 5.74) is -4.89. The Bertz CT molecular complexity index is 1270. The Morgan fingerprint density at radius 2 is 1.47 bits per heavy atom. The predicted octanol–water partition coefficient (Wildman–Crippen LogP) is 6.99. The van der Waals surface area contributed by atoms with Gasteiger partial charge in [-0.25, -0.2) is 9.18 Å². The Morgan fingerprint density at radius 1 is 0.842 bits per heavy atom. The molecule has 0 radical (unpaired) electrons. The van der Waals surface area contributed by atoms with E-state index in [2.05, 4.69) is 15.6 Å². The lowest BCUT2D eigenvalue weighted by Gasteiger charge is -2.36. The normalized spacial score (nSPS) is 16.2. The highest BCUT2D eigenvalue weighted by Gasteiger charge is 2.42. The van der Waals surface area contributed by atoms with Crippen molar-refractivity contribution >= 4 is 6.03 Å². The first-order chi connectivity index (χ1) is 17.9. The molecule has 0 spiro atoms. The lowest BCUT2D eigenvalue weighted by molar-refractivity contribution is -0.138. The highest BCUT2D eigenvalue weighted by Crippen LogP contribution is 2.39. The smallest absolute Gasteiger partial charge is 0.335 e. The van der Waals surface area contributed by atoms with Crippen LogP contribution in [0, 0.1) is 5.82 Å². The van der Waals surface area contributed by atoms with Gasteiger partial charge in [-0.15, -0.1) is 0 Å². The molecule has 0 unspecified atom stereocenters. The number of aromatic nitrogens is 1. The van der Waals surface area contributed by atoms with Crippen molar-refractivity contribution in [2.24, 2.45) is 0 Å². The predicted molar refractivity (Wildman–Crippen MR) is 125 cm³/mol. The van der Waals surface area contributed by atoms with E-state index in [1.165, 1.54) is 0 Å². The summed E-state index contributed by atoms with van der Waals surface area (Å²) in [5, 5.41) is 5.36. The minimum atomic E-state index is -4.96. The van der Waals surface area contributed by atoms with E-state index in [0.717, 1.165) is 25.1 Å². The summed E-state index contributed by atoms with van der Waals surface area (Å²) >= 11 is 0. The van der Waals surface area contributed by atoms with E-state index < -0.39 is 52.1 Å². The van der Waals surface area contributed by atoms with Crippen molar-refractivity contribution in [2.45, 2.75) is 56.0 Å². The Morgan fingerprint density at radius 3 is 2.11 bits per heavy atom. The third kappa shape index (κ3) is 6.25. The molecular weight excluding hydrogens is 515 g/mol. The molecule has 4 rings (SSSR count). The largest absolute Gasteiger partial charge is 0.416 e. The summed E-state index contributed by atoms with van der Waals surface area (Å²) in [6, 6.07) is 10.2. The number of alkyl halides is 6. The van der Waals surface area contributed by atoms with Crippen molar-refractivity contribution in [3.63, 3.8) is 0 Å². The van der Waals surface area contributed by atoms with Gasteiger partial charge in [0.2, 0.25) is 0 Å². The summed E-state index contributed by atoms with van der Waals surface area (Å²) in [4.78, 5) is 17.3. The molecule has 1 heterocycles. The number of carbonyl (C=O) groups excluding carboxylic acids is 1. The maximum atomic E-state index is 14.6. The fourth-order valence-corrected chi connectivity index (χ4v) is 4.75. The molecule has 3 aromatic rings. The van der Waals surface area contributed by atoms with Crippen LogP contribution in [-0.2, 0) is 24.3 Å². The van der Waals surface area contributed by atoms with E-state index in [0.29, 0.717) is 36.6 Å². The standard InChI is InChI=1S/C27H24F7N3O/c28-21-13-19(12-20(14-21)27(32,33)34)25(16-17-6-2-1-3-7-17,37-24(38)36-22-8-4-5-9-22)23-15-18(10-11-35-23)26(29,30)31/h1-3,6-7,10-15,22H,4-5,8-9,16H2,(H2,36,37,38)/t25-/m1/s1. The zero-order valence-electron chi connectivity index (χ0n) is 20.0.